The Balaban J connectivity index is 1.59. The summed E-state index contributed by atoms with van der Waals surface area (Å²) in [4.78, 5) is 17.0. The lowest BCUT2D eigenvalue weighted by Crippen LogP contribution is -2.29. The van der Waals surface area contributed by atoms with E-state index in [4.69, 9.17) is 0 Å². The number of hydrogen-bond donors (Lipinski definition) is 0. The Hall–Kier alpha value is -2.68. The molecule has 3 nitrogen and oxygen atoms in total. The Morgan fingerprint density at radius 3 is 2.83 bits per heavy atom. The summed E-state index contributed by atoms with van der Waals surface area (Å²) in [6.07, 6.45) is 8.31. The molecule has 1 saturated carbocycles. The third-order valence-electron chi connectivity index (χ3n) is 6.88. The van der Waals surface area contributed by atoms with Gasteiger partial charge in [-0.3, -0.25) is 4.79 Å². The van der Waals surface area contributed by atoms with Crippen molar-refractivity contribution in [3.05, 3.63) is 76.5 Å². The quantitative estimate of drug-likeness (QED) is 0.357. The number of allylic oxidation sites excluding steroid dienone is 3. The molecule has 0 saturated heterocycles. The van der Waals surface area contributed by atoms with E-state index in [1.165, 1.54) is 36.8 Å². The molecule has 0 spiro atoms. The normalized spacial score (nSPS) is 19.5. The van der Waals surface area contributed by atoms with Crippen LogP contribution in [0.4, 0.5) is 0 Å². The third kappa shape index (κ3) is 3.98. The molecule has 0 N–H and O–H groups in total. The first kappa shape index (κ1) is 20.6. The largest absolute Gasteiger partial charge is 0.334 e. The second-order valence-electron chi connectivity index (χ2n) is 9.48. The van der Waals surface area contributed by atoms with Gasteiger partial charge in [-0.05, 0) is 74.6 Å². The van der Waals surface area contributed by atoms with Crippen LogP contribution in [0.2, 0.25) is 0 Å². The van der Waals surface area contributed by atoms with Crippen molar-refractivity contribution >= 4 is 11.0 Å². The van der Waals surface area contributed by atoms with Crippen molar-refractivity contribution in [2.45, 2.75) is 59.4 Å². The zero-order valence-corrected chi connectivity index (χ0v) is 18.4. The van der Waals surface area contributed by atoms with Crippen LogP contribution in [0.1, 0.15) is 52.9 Å². The Morgan fingerprint density at radius 2 is 2.03 bits per heavy atom. The van der Waals surface area contributed by atoms with Gasteiger partial charge in [0.05, 0.1) is 16.7 Å². The molecular weight excluding hydrogens is 368 g/mol. The van der Waals surface area contributed by atoms with E-state index in [1.807, 2.05) is 30.3 Å². The number of para-hydroxylation sites is 3. The molecule has 0 unspecified atom stereocenters. The third-order valence-corrected chi connectivity index (χ3v) is 6.88. The van der Waals surface area contributed by atoms with Crippen LogP contribution < -0.4 is 5.43 Å². The molecule has 0 aromatic heterocycles. The van der Waals surface area contributed by atoms with Crippen LogP contribution in [0.3, 0.4) is 0 Å². The molecule has 3 heteroatoms. The minimum absolute atomic E-state index is 0.0225. The van der Waals surface area contributed by atoms with Crippen LogP contribution in [0, 0.1) is 11.3 Å². The minimum atomic E-state index is -0.0225. The molecule has 0 amide bonds. The molecule has 1 aliphatic heterocycles. The summed E-state index contributed by atoms with van der Waals surface area (Å²) in [5.41, 5.74) is 6.51. The molecule has 1 aromatic rings. The first-order valence-corrected chi connectivity index (χ1v) is 11.1. The van der Waals surface area contributed by atoms with Gasteiger partial charge in [0, 0.05) is 6.54 Å². The van der Waals surface area contributed by atoms with Crippen LogP contribution >= 0.6 is 0 Å². The second-order valence-corrected chi connectivity index (χ2v) is 9.48. The van der Waals surface area contributed by atoms with Gasteiger partial charge in [-0.2, -0.15) is 0 Å². The summed E-state index contributed by atoms with van der Waals surface area (Å²) in [6, 6.07) is 13.5. The van der Waals surface area contributed by atoms with Gasteiger partial charge in [0.25, 0.3) is 0 Å². The van der Waals surface area contributed by atoms with Crippen LogP contribution in [0.5, 0.6) is 0 Å². The number of benzene rings is 2. The highest BCUT2D eigenvalue weighted by Gasteiger charge is 2.33. The second kappa shape index (κ2) is 8.22. The highest BCUT2D eigenvalue weighted by molar-refractivity contribution is 5.80. The average molecular weight is 401 g/mol. The Kier molecular flexibility index (Phi) is 5.64. The SMILES string of the molecule is C=C1CCCC(C)(C)[C@@H]1CCC(C)=CCn1c2cccc(=O)c-2nc2ccccc21. The topological polar surface area (TPSA) is 34.9 Å². The number of rotatable bonds is 5. The fourth-order valence-electron chi connectivity index (χ4n) is 5.06. The van der Waals surface area contributed by atoms with Gasteiger partial charge < -0.3 is 4.57 Å². The van der Waals surface area contributed by atoms with E-state index in [0.717, 1.165) is 29.7 Å². The van der Waals surface area contributed by atoms with Crippen LogP contribution in [0.25, 0.3) is 22.4 Å². The van der Waals surface area contributed by atoms with E-state index < -0.39 is 0 Å². The molecule has 0 bridgehead atoms. The maximum atomic E-state index is 12.4. The fraction of sp³-hybridized carbons (Fsp3) is 0.407. The van der Waals surface area contributed by atoms with Gasteiger partial charge in [-0.1, -0.05) is 55.8 Å². The maximum Gasteiger partial charge on any atom is 0.206 e. The van der Waals surface area contributed by atoms with Crippen molar-refractivity contribution in [3.8, 4) is 11.4 Å². The zero-order chi connectivity index (χ0) is 21.3. The average Bonchev–Trinajstić information content (AvgIpc) is 2.71. The summed E-state index contributed by atoms with van der Waals surface area (Å²) in [5.74, 6) is 0.605. The van der Waals surface area contributed by atoms with Crippen molar-refractivity contribution in [2.24, 2.45) is 11.3 Å². The Labute approximate surface area is 179 Å². The molecule has 0 radical (unpaired) electrons. The zero-order valence-electron chi connectivity index (χ0n) is 18.4. The van der Waals surface area contributed by atoms with Crippen LogP contribution in [0.15, 0.2) is 71.1 Å². The standard InChI is InChI=1S/C27H32N2O/c1-19(14-15-21-20(2)9-8-17-27(21,3)4)16-18-29-23-11-6-5-10-22(23)28-26-24(29)12-7-13-25(26)30/h5-7,10-13,16,21H,2,8-9,14-15,17-18H2,1,3-4H3/t21-/m1/s1. The van der Waals surface area contributed by atoms with Gasteiger partial charge in [-0.15, -0.1) is 0 Å². The van der Waals surface area contributed by atoms with Gasteiger partial charge in [0.1, 0.15) is 5.69 Å². The summed E-state index contributed by atoms with van der Waals surface area (Å²) in [6.45, 7) is 12.1. The monoisotopic (exact) mass is 400 g/mol. The lowest BCUT2D eigenvalue weighted by atomic mass is 9.65. The summed E-state index contributed by atoms with van der Waals surface area (Å²) < 4.78 is 2.21. The lowest BCUT2D eigenvalue weighted by molar-refractivity contribution is 0.180. The summed E-state index contributed by atoms with van der Waals surface area (Å²) >= 11 is 0. The predicted molar refractivity (Wildman–Crippen MR) is 126 cm³/mol. The van der Waals surface area contributed by atoms with Crippen molar-refractivity contribution in [1.82, 2.24) is 9.55 Å². The van der Waals surface area contributed by atoms with Crippen molar-refractivity contribution in [2.75, 3.05) is 0 Å². The van der Waals surface area contributed by atoms with Crippen LogP contribution in [-0.4, -0.2) is 9.55 Å². The smallest absolute Gasteiger partial charge is 0.206 e. The molecule has 3 aliphatic rings. The molecule has 2 aliphatic carbocycles. The molecule has 1 atom stereocenters. The van der Waals surface area contributed by atoms with Gasteiger partial charge >= 0.3 is 0 Å². The van der Waals surface area contributed by atoms with E-state index in [0.29, 0.717) is 17.0 Å². The lowest BCUT2D eigenvalue weighted by Gasteiger charge is -2.40. The van der Waals surface area contributed by atoms with E-state index in [9.17, 15) is 4.79 Å². The highest BCUT2D eigenvalue weighted by Crippen LogP contribution is 2.45. The van der Waals surface area contributed by atoms with Crippen molar-refractivity contribution in [1.29, 1.82) is 0 Å². The maximum absolute atomic E-state index is 12.4. The number of aromatic nitrogens is 2. The first-order chi connectivity index (χ1) is 14.4. The molecule has 1 fully saturated rings. The number of hydrogen-bond acceptors (Lipinski definition) is 2. The number of nitrogens with zero attached hydrogens (tertiary/aromatic N) is 2. The van der Waals surface area contributed by atoms with Gasteiger partial charge in [0.15, 0.2) is 0 Å². The summed E-state index contributed by atoms with van der Waals surface area (Å²) in [5, 5.41) is 0. The highest BCUT2D eigenvalue weighted by atomic mass is 16.1. The Bertz CT molecular complexity index is 1140. The van der Waals surface area contributed by atoms with E-state index in [2.05, 4.69) is 49.0 Å². The molecule has 1 heterocycles. The molecule has 30 heavy (non-hydrogen) atoms. The fourth-order valence-corrected chi connectivity index (χ4v) is 5.06. The summed E-state index contributed by atoms with van der Waals surface area (Å²) in [7, 11) is 0. The van der Waals surface area contributed by atoms with Crippen molar-refractivity contribution < 1.29 is 0 Å². The Morgan fingerprint density at radius 1 is 1.23 bits per heavy atom. The molecular formula is C27H32N2O. The molecule has 4 rings (SSSR count). The van der Waals surface area contributed by atoms with E-state index in [1.54, 1.807) is 6.07 Å². The predicted octanol–water partition coefficient (Wildman–Crippen LogP) is 6.61. The molecule has 1 aromatic carbocycles. The van der Waals surface area contributed by atoms with Gasteiger partial charge in [-0.25, -0.2) is 4.98 Å². The van der Waals surface area contributed by atoms with Crippen LogP contribution in [-0.2, 0) is 6.54 Å². The number of fused-ring (bicyclic) bond motifs is 2. The van der Waals surface area contributed by atoms with Crippen molar-refractivity contribution in [3.63, 3.8) is 0 Å². The minimum Gasteiger partial charge on any atom is -0.334 e. The van der Waals surface area contributed by atoms with E-state index >= 15 is 0 Å². The first-order valence-electron chi connectivity index (χ1n) is 11.1. The van der Waals surface area contributed by atoms with E-state index in [-0.39, 0.29) is 5.43 Å². The molecule has 156 valence electrons. The van der Waals surface area contributed by atoms with Gasteiger partial charge in [0.2, 0.25) is 5.43 Å².